The van der Waals surface area contributed by atoms with Crippen LogP contribution in [0.25, 0.3) is 55.3 Å². The zero-order chi connectivity index (χ0) is 19.2. The quantitative estimate of drug-likeness (QED) is 0.466. The molecule has 6 heterocycles. The predicted molar refractivity (Wildman–Crippen MR) is 111 cm³/mol. The van der Waals surface area contributed by atoms with Crippen LogP contribution in [0.15, 0.2) is 60.8 Å². The Morgan fingerprint density at radius 2 is 1.76 bits per heavy atom. The number of rotatable bonds is 3. The van der Waals surface area contributed by atoms with Crippen LogP contribution in [0.4, 0.5) is 0 Å². The van der Waals surface area contributed by atoms with Crippen LogP contribution in [-0.4, -0.2) is 40.1 Å². The molecule has 0 aliphatic rings. The number of thiophene rings is 1. The molecule has 0 fully saturated rings. The van der Waals surface area contributed by atoms with Crippen LogP contribution in [0.2, 0.25) is 0 Å². The van der Waals surface area contributed by atoms with Crippen molar-refractivity contribution in [3.05, 3.63) is 60.8 Å². The van der Waals surface area contributed by atoms with Crippen LogP contribution in [0.1, 0.15) is 0 Å². The summed E-state index contributed by atoms with van der Waals surface area (Å²) in [6.45, 7) is 0. The van der Waals surface area contributed by atoms with Crippen molar-refractivity contribution in [2.24, 2.45) is 0 Å². The van der Waals surface area contributed by atoms with Gasteiger partial charge in [-0.05, 0) is 23.6 Å². The maximum absolute atomic E-state index is 4.83. The fourth-order valence-electron chi connectivity index (χ4n) is 3.31. The second-order valence-corrected chi connectivity index (χ2v) is 7.39. The van der Waals surface area contributed by atoms with Gasteiger partial charge >= 0.3 is 0 Å². The van der Waals surface area contributed by atoms with E-state index in [0.717, 1.165) is 43.8 Å². The highest BCUT2D eigenvalue weighted by molar-refractivity contribution is 7.13. The van der Waals surface area contributed by atoms with E-state index >= 15 is 0 Å². The molecule has 8 nitrogen and oxygen atoms in total. The van der Waals surface area contributed by atoms with E-state index < -0.39 is 0 Å². The Bertz CT molecular complexity index is 1450. The molecule has 6 aromatic rings. The molecule has 0 spiro atoms. The molecule has 138 valence electrons. The van der Waals surface area contributed by atoms with Crippen molar-refractivity contribution in [3.63, 3.8) is 0 Å². The molecular formula is C20H12N8S. The van der Waals surface area contributed by atoms with E-state index in [1.54, 1.807) is 29.9 Å². The van der Waals surface area contributed by atoms with Crippen molar-refractivity contribution >= 4 is 33.4 Å². The summed E-state index contributed by atoms with van der Waals surface area (Å²) in [5.74, 6) is 0.644. The number of hydrogen-bond acceptors (Lipinski definition) is 7. The SMILES string of the molecule is c1csc(-c2cncc3[nH]c(-c4n[nH]c5ccc(-c6cncnc6)nc45)nc23)c1. The number of aromatic nitrogens is 8. The molecule has 0 amide bonds. The Morgan fingerprint density at radius 3 is 2.62 bits per heavy atom. The highest BCUT2D eigenvalue weighted by atomic mass is 32.1. The molecule has 6 aromatic heterocycles. The van der Waals surface area contributed by atoms with Crippen molar-refractivity contribution in [3.8, 4) is 33.2 Å². The average molecular weight is 396 g/mol. The third kappa shape index (κ3) is 2.59. The van der Waals surface area contributed by atoms with Crippen molar-refractivity contribution in [1.82, 2.24) is 40.1 Å². The molecule has 0 saturated heterocycles. The minimum absolute atomic E-state index is 0.644. The van der Waals surface area contributed by atoms with Crippen molar-refractivity contribution < 1.29 is 0 Å². The second kappa shape index (κ2) is 6.28. The molecule has 0 atom stereocenters. The van der Waals surface area contributed by atoms with Crippen molar-refractivity contribution in [2.45, 2.75) is 0 Å². The second-order valence-electron chi connectivity index (χ2n) is 6.44. The minimum atomic E-state index is 0.644. The summed E-state index contributed by atoms with van der Waals surface area (Å²) in [6, 6.07) is 7.95. The lowest BCUT2D eigenvalue weighted by Crippen LogP contribution is -1.88. The first-order chi connectivity index (χ1) is 14.4. The summed E-state index contributed by atoms with van der Waals surface area (Å²) in [7, 11) is 0. The van der Waals surface area contributed by atoms with Gasteiger partial charge in [0.1, 0.15) is 17.4 Å². The highest BCUT2D eigenvalue weighted by Crippen LogP contribution is 2.32. The maximum Gasteiger partial charge on any atom is 0.161 e. The van der Waals surface area contributed by atoms with Gasteiger partial charge in [-0.25, -0.2) is 19.9 Å². The average Bonchev–Trinajstić information content (AvgIpc) is 3.52. The van der Waals surface area contributed by atoms with Gasteiger partial charge in [0.15, 0.2) is 11.5 Å². The Hall–Kier alpha value is -3.98. The standard InChI is InChI=1S/C20H12N8S/c1-2-16(29-5-1)12-8-21-9-15-17(12)26-20(25-15)19-18-14(27-28-19)4-3-13(24-18)11-6-22-10-23-7-11/h1-10H,(H,25,26)(H,27,28). The van der Waals surface area contributed by atoms with E-state index in [0.29, 0.717) is 11.5 Å². The summed E-state index contributed by atoms with van der Waals surface area (Å²) >= 11 is 1.66. The molecule has 0 saturated carbocycles. The Morgan fingerprint density at radius 1 is 0.828 bits per heavy atom. The van der Waals surface area contributed by atoms with E-state index in [1.807, 2.05) is 29.8 Å². The summed E-state index contributed by atoms with van der Waals surface area (Å²) in [4.78, 5) is 26.6. The Labute approximate surface area is 167 Å². The molecule has 9 heteroatoms. The Kier molecular flexibility index (Phi) is 3.47. The third-order valence-electron chi connectivity index (χ3n) is 4.67. The molecule has 6 rings (SSSR count). The largest absolute Gasteiger partial charge is 0.335 e. The van der Waals surface area contributed by atoms with Crippen LogP contribution >= 0.6 is 11.3 Å². The fraction of sp³-hybridized carbons (Fsp3) is 0. The van der Waals surface area contributed by atoms with Gasteiger partial charge in [-0.2, -0.15) is 5.10 Å². The first-order valence-electron chi connectivity index (χ1n) is 8.85. The van der Waals surface area contributed by atoms with Crippen LogP contribution in [-0.2, 0) is 0 Å². The van der Waals surface area contributed by atoms with Gasteiger partial charge in [0.2, 0.25) is 0 Å². The summed E-state index contributed by atoms with van der Waals surface area (Å²) in [5, 5.41) is 9.54. The van der Waals surface area contributed by atoms with Crippen LogP contribution < -0.4 is 0 Å². The molecule has 0 bridgehead atoms. The van der Waals surface area contributed by atoms with Crippen molar-refractivity contribution in [1.29, 1.82) is 0 Å². The molecule has 0 aliphatic carbocycles. The molecule has 0 aliphatic heterocycles. The van der Waals surface area contributed by atoms with Gasteiger partial charge in [0, 0.05) is 34.6 Å². The van der Waals surface area contributed by atoms with E-state index in [-0.39, 0.29) is 0 Å². The van der Waals surface area contributed by atoms with E-state index in [9.17, 15) is 0 Å². The van der Waals surface area contributed by atoms with Gasteiger partial charge in [-0.1, -0.05) is 6.07 Å². The molecule has 29 heavy (non-hydrogen) atoms. The van der Waals surface area contributed by atoms with E-state index in [4.69, 9.17) is 9.97 Å². The maximum atomic E-state index is 4.83. The minimum Gasteiger partial charge on any atom is -0.335 e. The lowest BCUT2D eigenvalue weighted by molar-refractivity contribution is 1.10. The monoisotopic (exact) mass is 396 g/mol. The summed E-state index contributed by atoms with van der Waals surface area (Å²) in [6.07, 6.45) is 8.59. The number of fused-ring (bicyclic) bond motifs is 2. The lowest BCUT2D eigenvalue weighted by atomic mass is 10.2. The first kappa shape index (κ1) is 16.0. The highest BCUT2D eigenvalue weighted by Gasteiger charge is 2.17. The molecule has 0 radical (unpaired) electrons. The van der Waals surface area contributed by atoms with Crippen molar-refractivity contribution in [2.75, 3.05) is 0 Å². The number of H-pyrrole nitrogens is 2. The van der Waals surface area contributed by atoms with Gasteiger partial charge in [-0.15, -0.1) is 11.3 Å². The number of hydrogen-bond donors (Lipinski definition) is 2. The van der Waals surface area contributed by atoms with Gasteiger partial charge in [-0.3, -0.25) is 10.1 Å². The molecule has 2 N–H and O–H groups in total. The van der Waals surface area contributed by atoms with E-state index in [1.165, 1.54) is 6.33 Å². The van der Waals surface area contributed by atoms with Gasteiger partial charge in [0.05, 0.1) is 22.9 Å². The Balaban J connectivity index is 1.53. The predicted octanol–water partition coefficient (Wildman–Crippen LogP) is 4.08. The first-order valence-corrected chi connectivity index (χ1v) is 9.73. The number of nitrogens with zero attached hydrogens (tertiary/aromatic N) is 6. The lowest BCUT2D eigenvalue weighted by Gasteiger charge is -2.00. The summed E-state index contributed by atoms with van der Waals surface area (Å²) in [5.41, 5.74) is 6.56. The number of aromatic amines is 2. The van der Waals surface area contributed by atoms with Gasteiger partial charge in [0.25, 0.3) is 0 Å². The summed E-state index contributed by atoms with van der Waals surface area (Å²) < 4.78 is 0. The molecular weight excluding hydrogens is 384 g/mol. The smallest absolute Gasteiger partial charge is 0.161 e. The normalized spacial score (nSPS) is 11.4. The number of pyridine rings is 2. The van der Waals surface area contributed by atoms with Crippen LogP contribution in [0, 0.1) is 0 Å². The third-order valence-corrected chi connectivity index (χ3v) is 5.57. The van der Waals surface area contributed by atoms with Gasteiger partial charge < -0.3 is 4.98 Å². The zero-order valence-corrected chi connectivity index (χ0v) is 15.7. The topological polar surface area (TPSA) is 109 Å². The molecule has 0 unspecified atom stereocenters. The fourth-order valence-corrected chi connectivity index (χ4v) is 4.05. The zero-order valence-electron chi connectivity index (χ0n) is 14.9. The molecule has 0 aromatic carbocycles. The number of imidazole rings is 1. The van der Waals surface area contributed by atoms with Crippen LogP contribution in [0.3, 0.4) is 0 Å². The van der Waals surface area contributed by atoms with E-state index in [2.05, 4.69) is 36.2 Å². The van der Waals surface area contributed by atoms with Crippen LogP contribution in [0.5, 0.6) is 0 Å². The number of nitrogens with one attached hydrogen (secondary N) is 2.